The standard InChI is InChI=1S/C5H13NOSi/c1-3-5(6-7)4(2)8/h4,7H,3H2,1-2,8H3. The van der Waals surface area contributed by atoms with Crippen molar-refractivity contribution in [2.75, 3.05) is 0 Å². The molecule has 0 aromatic heterocycles. The van der Waals surface area contributed by atoms with Crippen LogP contribution >= 0.6 is 0 Å². The van der Waals surface area contributed by atoms with Crippen LogP contribution in [0.2, 0.25) is 5.54 Å². The van der Waals surface area contributed by atoms with Gasteiger partial charge in [-0.1, -0.05) is 19.0 Å². The average Bonchev–Trinajstić information content (AvgIpc) is 1.69. The van der Waals surface area contributed by atoms with Crippen LogP contribution in [0.5, 0.6) is 0 Å². The van der Waals surface area contributed by atoms with Crippen LogP contribution in [0.15, 0.2) is 5.16 Å². The van der Waals surface area contributed by atoms with E-state index >= 15 is 0 Å². The van der Waals surface area contributed by atoms with Crippen LogP contribution in [0.25, 0.3) is 0 Å². The molecular weight excluding hydrogens is 118 g/mol. The minimum atomic E-state index is 0.519. The van der Waals surface area contributed by atoms with E-state index in [9.17, 15) is 0 Å². The SMILES string of the molecule is CCC(=NO)C(C)[SiH3]. The van der Waals surface area contributed by atoms with Crippen LogP contribution in [-0.4, -0.2) is 21.2 Å². The number of oxime groups is 1. The molecular formula is C5H13NOSi. The molecule has 3 heteroatoms. The van der Waals surface area contributed by atoms with Gasteiger partial charge < -0.3 is 5.21 Å². The van der Waals surface area contributed by atoms with Crippen LogP contribution in [0.1, 0.15) is 20.3 Å². The summed E-state index contributed by atoms with van der Waals surface area (Å²) >= 11 is 0. The fourth-order valence-electron chi connectivity index (χ4n) is 0.594. The van der Waals surface area contributed by atoms with Gasteiger partial charge in [0.1, 0.15) is 0 Å². The zero-order chi connectivity index (χ0) is 6.57. The van der Waals surface area contributed by atoms with E-state index in [0.29, 0.717) is 5.54 Å². The van der Waals surface area contributed by atoms with Gasteiger partial charge in [0.15, 0.2) is 0 Å². The molecule has 1 N–H and O–H groups in total. The Labute approximate surface area is 53.0 Å². The van der Waals surface area contributed by atoms with Crippen molar-refractivity contribution in [3.05, 3.63) is 0 Å². The highest BCUT2D eigenvalue weighted by Gasteiger charge is 2.00. The predicted molar refractivity (Wildman–Crippen MR) is 38.9 cm³/mol. The molecule has 48 valence electrons. The second kappa shape index (κ2) is 3.66. The fourth-order valence-corrected chi connectivity index (χ4v) is 1.12. The summed E-state index contributed by atoms with van der Waals surface area (Å²) in [5, 5.41) is 11.5. The number of rotatable bonds is 2. The number of hydrogen-bond donors (Lipinski definition) is 1. The van der Waals surface area contributed by atoms with Gasteiger partial charge in [0.25, 0.3) is 0 Å². The molecule has 0 aliphatic rings. The third kappa shape index (κ3) is 2.11. The monoisotopic (exact) mass is 131 g/mol. The lowest BCUT2D eigenvalue weighted by atomic mass is 10.2. The minimum absolute atomic E-state index is 0.519. The van der Waals surface area contributed by atoms with E-state index in [0.717, 1.165) is 22.4 Å². The second-order valence-corrected chi connectivity index (χ2v) is 3.83. The summed E-state index contributed by atoms with van der Waals surface area (Å²) in [6.07, 6.45) is 0.876. The first kappa shape index (κ1) is 7.69. The normalized spacial score (nSPS) is 16.5. The summed E-state index contributed by atoms with van der Waals surface area (Å²) < 4.78 is 0. The number of nitrogens with zero attached hydrogens (tertiary/aromatic N) is 1. The van der Waals surface area contributed by atoms with E-state index in [4.69, 9.17) is 5.21 Å². The van der Waals surface area contributed by atoms with Crippen molar-refractivity contribution in [2.24, 2.45) is 5.16 Å². The predicted octanol–water partition coefficient (Wildman–Crippen LogP) is 0.400. The Morgan fingerprint density at radius 3 is 2.38 bits per heavy atom. The summed E-state index contributed by atoms with van der Waals surface area (Å²) in [5.74, 6) is 0. The maximum atomic E-state index is 8.31. The summed E-state index contributed by atoms with van der Waals surface area (Å²) in [6, 6.07) is 0. The molecule has 0 amide bonds. The summed E-state index contributed by atoms with van der Waals surface area (Å²) in [6.45, 7) is 4.08. The van der Waals surface area contributed by atoms with Crippen molar-refractivity contribution >= 4 is 16.0 Å². The molecule has 0 radical (unpaired) electrons. The Bertz CT molecular complexity index is 90.4. The molecule has 0 fully saturated rings. The van der Waals surface area contributed by atoms with Crippen LogP contribution in [0.4, 0.5) is 0 Å². The second-order valence-electron chi connectivity index (χ2n) is 2.10. The third-order valence-electron chi connectivity index (χ3n) is 1.16. The van der Waals surface area contributed by atoms with Gasteiger partial charge in [0.2, 0.25) is 0 Å². The smallest absolute Gasteiger partial charge is 0.0560 e. The lowest BCUT2D eigenvalue weighted by Gasteiger charge is -2.01. The zero-order valence-electron chi connectivity index (χ0n) is 5.68. The van der Waals surface area contributed by atoms with E-state index in [1.54, 1.807) is 0 Å². The van der Waals surface area contributed by atoms with Gasteiger partial charge >= 0.3 is 0 Å². The maximum absolute atomic E-state index is 8.31. The molecule has 1 atom stereocenters. The molecule has 8 heavy (non-hydrogen) atoms. The zero-order valence-corrected chi connectivity index (χ0v) is 7.68. The van der Waals surface area contributed by atoms with Gasteiger partial charge in [-0.3, -0.25) is 0 Å². The van der Waals surface area contributed by atoms with Crippen LogP contribution in [0, 0.1) is 0 Å². The van der Waals surface area contributed by atoms with Gasteiger partial charge in [-0.05, 0) is 12.0 Å². The Morgan fingerprint density at radius 1 is 1.88 bits per heavy atom. The maximum Gasteiger partial charge on any atom is 0.0560 e. The highest BCUT2D eigenvalue weighted by Crippen LogP contribution is 2.02. The Hall–Kier alpha value is -0.313. The van der Waals surface area contributed by atoms with Crippen molar-refractivity contribution in [3.63, 3.8) is 0 Å². The Morgan fingerprint density at radius 2 is 2.38 bits per heavy atom. The highest BCUT2D eigenvalue weighted by molar-refractivity contribution is 6.24. The minimum Gasteiger partial charge on any atom is -0.411 e. The molecule has 0 rings (SSSR count). The molecule has 0 saturated carbocycles. The van der Waals surface area contributed by atoms with Crippen molar-refractivity contribution in [1.29, 1.82) is 0 Å². The van der Waals surface area contributed by atoms with Crippen LogP contribution in [-0.2, 0) is 0 Å². The van der Waals surface area contributed by atoms with Gasteiger partial charge in [0.05, 0.1) is 5.71 Å². The van der Waals surface area contributed by atoms with Gasteiger partial charge in [0, 0.05) is 10.2 Å². The third-order valence-corrected chi connectivity index (χ3v) is 1.82. The Balaban J connectivity index is 3.72. The summed E-state index contributed by atoms with van der Waals surface area (Å²) in [5.41, 5.74) is 1.45. The van der Waals surface area contributed by atoms with Crippen LogP contribution < -0.4 is 0 Å². The first-order valence-corrected chi connectivity index (χ1v) is 4.08. The van der Waals surface area contributed by atoms with Crippen molar-refractivity contribution in [2.45, 2.75) is 25.8 Å². The topological polar surface area (TPSA) is 32.6 Å². The molecule has 0 spiro atoms. The van der Waals surface area contributed by atoms with Crippen molar-refractivity contribution < 1.29 is 5.21 Å². The van der Waals surface area contributed by atoms with E-state index in [2.05, 4.69) is 12.1 Å². The molecule has 0 saturated heterocycles. The Kier molecular flexibility index (Phi) is 3.52. The van der Waals surface area contributed by atoms with Crippen molar-refractivity contribution in [3.8, 4) is 0 Å². The van der Waals surface area contributed by atoms with Gasteiger partial charge in [-0.2, -0.15) is 0 Å². The molecule has 0 aliphatic heterocycles. The summed E-state index contributed by atoms with van der Waals surface area (Å²) in [4.78, 5) is 0. The van der Waals surface area contributed by atoms with E-state index in [-0.39, 0.29) is 0 Å². The average molecular weight is 131 g/mol. The molecule has 0 aromatic rings. The lowest BCUT2D eigenvalue weighted by Crippen LogP contribution is -2.02. The largest absolute Gasteiger partial charge is 0.411 e. The number of hydrogen-bond acceptors (Lipinski definition) is 2. The first-order valence-electron chi connectivity index (χ1n) is 2.93. The van der Waals surface area contributed by atoms with Crippen LogP contribution in [0.3, 0.4) is 0 Å². The molecule has 2 nitrogen and oxygen atoms in total. The molecule has 0 aromatic carbocycles. The van der Waals surface area contributed by atoms with Gasteiger partial charge in [-0.25, -0.2) is 0 Å². The van der Waals surface area contributed by atoms with E-state index < -0.39 is 0 Å². The van der Waals surface area contributed by atoms with E-state index in [1.165, 1.54) is 0 Å². The van der Waals surface area contributed by atoms with Gasteiger partial charge in [-0.15, -0.1) is 0 Å². The lowest BCUT2D eigenvalue weighted by molar-refractivity contribution is 0.316. The summed E-state index contributed by atoms with van der Waals surface area (Å²) in [7, 11) is 1.08. The molecule has 0 bridgehead atoms. The molecule has 0 aliphatic carbocycles. The molecule has 1 unspecified atom stereocenters. The highest BCUT2D eigenvalue weighted by atomic mass is 28.1. The quantitative estimate of drug-likeness (QED) is 0.250. The molecule has 0 heterocycles. The fraction of sp³-hybridized carbons (Fsp3) is 0.800. The van der Waals surface area contributed by atoms with E-state index in [1.807, 2.05) is 6.92 Å². The first-order chi connectivity index (χ1) is 3.72. The van der Waals surface area contributed by atoms with Crippen molar-refractivity contribution in [1.82, 2.24) is 0 Å².